The number of nitrogens with two attached hydrogens (primary N) is 1. The molecule has 1 fully saturated rings. The SMILES string of the molecule is N=C(N)N1CCC(F)(F)CC1. The van der Waals surface area contributed by atoms with Crippen molar-refractivity contribution in [2.45, 2.75) is 18.8 Å². The molecular weight excluding hydrogens is 152 g/mol. The number of halogens is 2. The molecule has 0 aromatic rings. The lowest BCUT2D eigenvalue weighted by atomic mass is 10.1. The monoisotopic (exact) mass is 163 g/mol. The summed E-state index contributed by atoms with van der Waals surface area (Å²) in [5.41, 5.74) is 5.12. The molecule has 1 heterocycles. The first-order valence-electron chi connectivity index (χ1n) is 3.48. The van der Waals surface area contributed by atoms with Crippen LogP contribution < -0.4 is 5.73 Å². The predicted octanol–water partition coefficient (Wildman–Crippen LogP) is 0.611. The van der Waals surface area contributed by atoms with Crippen molar-refractivity contribution >= 4 is 5.96 Å². The molecule has 0 saturated carbocycles. The minimum absolute atomic E-state index is 0.111. The zero-order chi connectivity index (χ0) is 8.48. The second kappa shape index (κ2) is 2.64. The van der Waals surface area contributed by atoms with Crippen molar-refractivity contribution in [2.75, 3.05) is 13.1 Å². The lowest BCUT2D eigenvalue weighted by molar-refractivity contribution is -0.0437. The van der Waals surface area contributed by atoms with Crippen LogP contribution in [0.5, 0.6) is 0 Å². The Kier molecular flexibility index (Phi) is 1.97. The van der Waals surface area contributed by atoms with Crippen LogP contribution in [0.4, 0.5) is 8.78 Å². The third kappa shape index (κ3) is 2.03. The third-order valence-electron chi connectivity index (χ3n) is 1.84. The van der Waals surface area contributed by atoms with Gasteiger partial charge in [0.2, 0.25) is 0 Å². The van der Waals surface area contributed by atoms with Crippen molar-refractivity contribution in [1.29, 1.82) is 5.41 Å². The molecule has 0 amide bonds. The molecule has 11 heavy (non-hydrogen) atoms. The second-order valence-electron chi connectivity index (χ2n) is 2.73. The van der Waals surface area contributed by atoms with Gasteiger partial charge in [-0.15, -0.1) is 0 Å². The van der Waals surface area contributed by atoms with E-state index in [1.807, 2.05) is 0 Å². The molecule has 1 saturated heterocycles. The molecule has 0 atom stereocenters. The Hall–Kier alpha value is -0.870. The number of hydrogen-bond acceptors (Lipinski definition) is 1. The Morgan fingerprint density at radius 3 is 2.18 bits per heavy atom. The molecule has 1 aliphatic rings. The molecule has 0 bridgehead atoms. The highest BCUT2D eigenvalue weighted by Gasteiger charge is 2.34. The topological polar surface area (TPSA) is 53.1 Å². The molecule has 0 unspecified atom stereocenters. The third-order valence-corrected chi connectivity index (χ3v) is 1.84. The number of nitrogens with one attached hydrogen (secondary N) is 1. The van der Waals surface area contributed by atoms with Crippen LogP contribution in [0.2, 0.25) is 0 Å². The van der Waals surface area contributed by atoms with Crippen LogP contribution >= 0.6 is 0 Å². The van der Waals surface area contributed by atoms with E-state index in [4.69, 9.17) is 11.1 Å². The summed E-state index contributed by atoms with van der Waals surface area (Å²) in [6.45, 7) is 0.394. The lowest BCUT2D eigenvalue weighted by Crippen LogP contribution is -2.45. The molecule has 3 nitrogen and oxygen atoms in total. The van der Waals surface area contributed by atoms with Gasteiger partial charge in [-0.05, 0) is 0 Å². The summed E-state index contributed by atoms with van der Waals surface area (Å²) in [4.78, 5) is 1.46. The summed E-state index contributed by atoms with van der Waals surface area (Å²) in [5, 5.41) is 6.98. The molecule has 3 N–H and O–H groups in total. The Bertz CT molecular complexity index is 159. The van der Waals surface area contributed by atoms with Crippen molar-refractivity contribution in [1.82, 2.24) is 4.90 Å². The van der Waals surface area contributed by atoms with E-state index in [0.29, 0.717) is 0 Å². The van der Waals surface area contributed by atoms with Crippen LogP contribution in [0.1, 0.15) is 12.8 Å². The smallest absolute Gasteiger partial charge is 0.251 e. The minimum atomic E-state index is -2.55. The van der Waals surface area contributed by atoms with Gasteiger partial charge in [0.15, 0.2) is 5.96 Å². The number of likely N-dealkylation sites (tertiary alicyclic amines) is 1. The number of piperidine rings is 1. The maximum Gasteiger partial charge on any atom is 0.251 e. The van der Waals surface area contributed by atoms with Gasteiger partial charge < -0.3 is 10.6 Å². The van der Waals surface area contributed by atoms with Crippen LogP contribution in [0, 0.1) is 5.41 Å². The zero-order valence-corrected chi connectivity index (χ0v) is 6.11. The molecule has 1 aliphatic heterocycles. The van der Waals surface area contributed by atoms with E-state index < -0.39 is 5.92 Å². The van der Waals surface area contributed by atoms with E-state index in [1.165, 1.54) is 4.90 Å². The summed E-state index contributed by atoms with van der Waals surface area (Å²) in [5.74, 6) is -2.66. The predicted molar refractivity (Wildman–Crippen MR) is 37.7 cm³/mol. The largest absolute Gasteiger partial charge is 0.370 e. The number of hydrogen-bond donors (Lipinski definition) is 2. The van der Waals surface area contributed by atoms with Crippen molar-refractivity contribution in [3.63, 3.8) is 0 Å². The Morgan fingerprint density at radius 2 is 1.82 bits per heavy atom. The number of alkyl halides is 2. The van der Waals surface area contributed by atoms with Gasteiger partial charge in [0.25, 0.3) is 5.92 Å². The summed E-state index contributed by atoms with van der Waals surface area (Å²) in [6, 6.07) is 0. The molecule has 0 radical (unpaired) electrons. The number of guanidine groups is 1. The Morgan fingerprint density at radius 1 is 1.36 bits per heavy atom. The summed E-state index contributed by atoms with van der Waals surface area (Å²) < 4.78 is 25.0. The zero-order valence-electron chi connectivity index (χ0n) is 6.11. The number of nitrogens with zero attached hydrogens (tertiary/aromatic N) is 1. The minimum Gasteiger partial charge on any atom is -0.370 e. The maximum atomic E-state index is 12.5. The first kappa shape index (κ1) is 8.23. The van der Waals surface area contributed by atoms with E-state index in [9.17, 15) is 8.78 Å². The average molecular weight is 163 g/mol. The highest BCUT2D eigenvalue weighted by atomic mass is 19.3. The van der Waals surface area contributed by atoms with Crippen LogP contribution in [0.15, 0.2) is 0 Å². The van der Waals surface area contributed by atoms with E-state index in [1.54, 1.807) is 0 Å². The summed E-state index contributed by atoms with van der Waals surface area (Å²) in [7, 11) is 0. The Labute approximate surface area is 63.7 Å². The fourth-order valence-electron chi connectivity index (χ4n) is 1.07. The van der Waals surface area contributed by atoms with E-state index in [-0.39, 0.29) is 31.9 Å². The molecule has 0 aromatic carbocycles. The Balaban J connectivity index is 2.42. The first-order chi connectivity index (χ1) is 5.01. The highest BCUT2D eigenvalue weighted by Crippen LogP contribution is 2.27. The quantitative estimate of drug-likeness (QED) is 0.406. The number of rotatable bonds is 0. The molecule has 0 aliphatic carbocycles. The molecule has 5 heteroatoms. The van der Waals surface area contributed by atoms with Gasteiger partial charge >= 0.3 is 0 Å². The van der Waals surface area contributed by atoms with Gasteiger partial charge in [-0.25, -0.2) is 8.78 Å². The molecule has 0 aromatic heterocycles. The van der Waals surface area contributed by atoms with Gasteiger partial charge in [-0.3, -0.25) is 5.41 Å². The standard InChI is InChI=1S/C6H11F2N3/c7-6(8)1-3-11(4-2-6)5(9)10/h1-4H2,(H3,9,10). The lowest BCUT2D eigenvalue weighted by Gasteiger charge is -2.31. The molecule has 0 spiro atoms. The van der Waals surface area contributed by atoms with Crippen LogP contribution in [-0.2, 0) is 0 Å². The van der Waals surface area contributed by atoms with Crippen LogP contribution in [0.3, 0.4) is 0 Å². The fourth-order valence-corrected chi connectivity index (χ4v) is 1.07. The summed E-state index contributed by atoms with van der Waals surface area (Å²) in [6.07, 6.45) is -0.376. The van der Waals surface area contributed by atoms with Crippen LogP contribution in [0.25, 0.3) is 0 Å². The average Bonchev–Trinajstić information content (AvgIpc) is 1.86. The van der Waals surface area contributed by atoms with Gasteiger partial charge in [0.05, 0.1) is 0 Å². The van der Waals surface area contributed by atoms with E-state index in [0.717, 1.165) is 0 Å². The van der Waals surface area contributed by atoms with Crippen molar-refractivity contribution < 1.29 is 8.78 Å². The van der Waals surface area contributed by atoms with Crippen molar-refractivity contribution in [2.24, 2.45) is 5.73 Å². The first-order valence-corrected chi connectivity index (χ1v) is 3.48. The van der Waals surface area contributed by atoms with Crippen LogP contribution in [-0.4, -0.2) is 29.9 Å². The molecule has 64 valence electrons. The van der Waals surface area contributed by atoms with Crippen molar-refractivity contribution in [3.8, 4) is 0 Å². The highest BCUT2D eigenvalue weighted by molar-refractivity contribution is 5.74. The van der Waals surface area contributed by atoms with Gasteiger partial charge in [0, 0.05) is 25.9 Å². The summed E-state index contributed by atoms with van der Waals surface area (Å²) >= 11 is 0. The molecule has 1 rings (SSSR count). The van der Waals surface area contributed by atoms with Gasteiger partial charge in [-0.1, -0.05) is 0 Å². The fraction of sp³-hybridized carbons (Fsp3) is 0.833. The normalized spacial score (nSPS) is 23.3. The van der Waals surface area contributed by atoms with E-state index >= 15 is 0 Å². The van der Waals surface area contributed by atoms with Crippen molar-refractivity contribution in [3.05, 3.63) is 0 Å². The second-order valence-corrected chi connectivity index (χ2v) is 2.73. The van der Waals surface area contributed by atoms with E-state index in [2.05, 4.69) is 0 Å². The maximum absolute atomic E-state index is 12.5. The molecular formula is C6H11F2N3. The van der Waals surface area contributed by atoms with Gasteiger partial charge in [-0.2, -0.15) is 0 Å². The van der Waals surface area contributed by atoms with Gasteiger partial charge in [0.1, 0.15) is 0 Å².